The Hall–Kier alpha value is -1.07. The van der Waals surface area contributed by atoms with Crippen LogP contribution in [0.15, 0.2) is 18.2 Å². The molecule has 0 saturated carbocycles. The van der Waals surface area contributed by atoms with E-state index in [9.17, 15) is 18.0 Å². The zero-order valence-electron chi connectivity index (χ0n) is 11.7. The first kappa shape index (κ1) is 16.3. The molecular weight excluding hydrogens is 303 g/mol. The number of alkyl halides is 3. The molecule has 0 bridgehead atoms. The van der Waals surface area contributed by atoms with E-state index >= 15 is 0 Å². The molecule has 1 heterocycles. The summed E-state index contributed by atoms with van der Waals surface area (Å²) >= 11 is 5.89. The van der Waals surface area contributed by atoms with Crippen LogP contribution >= 0.6 is 11.6 Å². The minimum absolute atomic E-state index is 0.0280. The van der Waals surface area contributed by atoms with Gasteiger partial charge in [0.15, 0.2) is 5.78 Å². The van der Waals surface area contributed by atoms with Gasteiger partial charge in [-0.2, -0.15) is 13.2 Å². The SMILES string of the molecule is CN1CCCC(CC(=O)c2cc(C(F)(F)F)ccc2Cl)C1. The number of nitrogens with zero attached hydrogens (tertiary/aromatic N) is 1. The van der Waals surface area contributed by atoms with Crippen LogP contribution in [0.4, 0.5) is 13.2 Å². The third-order valence-electron chi connectivity index (χ3n) is 3.79. The molecule has 1 aliphatic rings. The van der Waals surface area contributed by atoms with Gasteiger partial charge in [-0.1, -0.05) is 11.6 Å². The number of likely N-dealkylation sites (tertiary alicyclic amines) is 1. The summed E-state index contributed by atoms with van der Waals surface area (Å²) in [5, 5.41) is 0.0807. The van der Waals surface area contributed by atoms with Crippen LogP contribution in [0.5, 0.6) is 0 Å². The highest BCUT2D eigenvalue weighted by atomic mass is 35.5. The zero-order chi connectivity index (χ0) is 15.6. The zero-order valence-corrected chi connectivity index (χ0v) is 12.5. The number of hydrogen-bond acceptors (Lipinski definition) is 2. The molecule has 0 aromatic heterocycles. The average molecular weight is 320 g/mol. The predicted octanol–water partition coefficient (Wildman–Crippen LogP) is 4.27. The molecule has 0 radical (unpaired) electrons. The average Bonchev–Trinajstić information content (AvgIpc) is 2.37. The number of benzene rings is 1. The summed E-state index contributed by atoms with van der Waals surface area (Å²) in [6, 6.07) is 2.90. The van der Waals surface area contributed by atoms with Crippen LogP contribution < -0.4 is 0 Å². The van der Waals surface area contributed by atoms with Crippen molar-refractivity contribution in [1.29, 1.82) is 0 Å². The quantitative estimate of drug-likeness (QED) is 0.775. The van der Waals surface area contributed by atoms with Crippen molar-refractivity contribution < 1.29 is 18.0 Å². The number of rotatable bonds is 3. The fourth-order valence-corrected chi connectivity index (χ4v) is 2.95. The van der Waals surface area contributed by atoms with Gasteiger partial charge in [0.05, 0.1) is 10.6 Å². The van der Waals surface area contributed by atoms with Crippen LogP contribution in [-0.4, -0.2) is 30.8 Å². The molecule has 0 spiro atoms. The van der Waals surface area contributed by atoms with Gasteiger partial charge in [0.25, 0.3) is 0 Å². The lowest BCUT2D eigenvalue weighted by molar-refractivity contribution is -0.137. The first-order chi connectivity index (χ1) is 9.77. The van der Waals surface area contributed by atoms with Crippen LogP contribution in [0, 0.1) is 5.92 Å². The lowest BCUT2D eigenvalue weighted by atomic mass is 9.91. The molecule has 1 unspecified atom stereocenters. The summed E-state index contributed by atoms with van der Waals surface area (Å²) in [5.41, 5.74) is -0.865. The molecule has 0 aliphatic carbocycles. The second-order valence-electron chi connectivity index (χ2n) is 5.59. The number of Topliss-reactive ketones (excluding diaryl/α,β-unsaturated/α-hetero) is 1. The van der Waals surface area contributed by atoms with E-state index in [-0.39, 0.29) is 28.7 Å². The molecular formula is C15H17ClF3NO. The Bertz CT molecular complexity index is 530. The summed E-state index contributed by atoms with van der Waals surface area (Å²) in [6.45, 7) is 1.79. The topological polar surface area (TPSA) is 20.3 Å². The van der Waals surface area contributed by atoms with Crippen molar-refractivity contribution in [2.75, 3.05) is 20.1 Å². The molecule has 1 aliphatic heterocycles. The van der Waals surface area contributed by atoms with Gasteiger partial charge in [0.1, 0.15) is 0 Å². The van der Waals surface area contributed by atoms with Gasteiger partial charge < -0.3 is 4.90 Å². The fourth-order valence-electron chi connectivity index (χ4n) is 2.73. The van der Waals surface area contributed by atoms with E-state index in [0.29, 0.717) is 0 Å². The highest BCUT2D eigenvalue weighted by Crippen LogP contribution is 2.32. The maximum absolute atomic E-state index is 12.7. The van der Waals surface area contributed by atoms with E-state index in [4.69, 9.17) is 11.6 Å². The molecule has 1 atom stereocenters. The first-order valence-electron chi connectivity index (χ1n) is 6.86. The van der Waals surface area contributed by atoms with Crippen LogP contribution in [0.1, 0.15) is 35.2 Å². The van der Waals surface area contributed by atoms with Gasteiger partial charge in [0.2, 0.25) is 0 Å². The van der Waals surface area contributed by atoms with Crippen molar-refractivity contribution in [1.82, 2.24) is 4.90 Å². The van der Waals surface area contributed by atoms with Crippen molar-refractivity contribution in [3.63, 3.8) is 0 Å². The van der Waals surface area contributed by atoms with E-state index in [0.717, 1.165) is 44.1 Å². The monoisotopic (exact) mass is 319 g/mol. The van der Waals surface area contributed by atoms with Gasteiger partial charge in [-0.25, -0.2) is 0 Å². The standard InChI is InChI=1S/C15H17ClF3NO/c1-20-6-2-3-10(9-20)7-14(21)12-8-11(15(17,18)19)4-5-13(12)16/h4-5,8,10H,2-3,6-7,9H2,1H3. The van der Waals surface area contributed by atoms with E-state index < -0.39 is 11.7 Å². The van der Waals surface area contributed by atoms with Crippen LogP contribution in [0.2, 0.25) is 5.02 Å². The summed E-state index contributed by atoms with van der Waals surface area (Å²) < 4.78 is 38.1. The minimum atomic E-state index is -4.47. The number of piperidine rings is 1. The van der Waals surface area contributed by atoms with E-state index in [2.05, 4.69) is 4.90 Å². The molecule has 0 N–H and O–H groups in total. The van der Waals surface area contributed by atoms with Gasteiger partial charge in [-0.15, -0.1) is 0 Å². The molecule has 2 rings (SSSR count). The Morgan fingerprint density at radius 2 is 2.14 bits per heavy atom. The maximum atomic E-state index is 12.7. The number of hydrogen-bond donors (Lipinski definition) is 0. The maximum Gasteiger partial charge on any atom is 0.416 e. The minimum Gasteiger partial charge on any atom is -0.306 e. The molecule has 1 saturated heterocycles. The van der Waals surface area contributed by atoms with E-state index in [1.165, 1.54) is 0 Å². The van der Waals surface area contributed by atoms with Crippen molar-refractivity contribution in [2.24, 2.45) is 5.92 Å². The van der Waals surface area contributed by atoms with Gasteiger partial charge >= 0.3 is 6.18 Å². The molecule has 21 heavy (non-hydrogen) atoms. The second kappa shape index (κ2) is 6.36. The summed E-state index contributed by atoms with van der Waals surface area (Å²) in [7, 11) is 1.98. The second-order valence-corrected chi connectivity index (χ2v) is 6.00. The van der Waals surface area contributed by atoms with Crippen molar-refractivity contribution in [3.05, 3.63) is 34.3 Å². The molecule has 1 aromatic carbocycles. The molecule has 2 nitrogen and oxygen atoms in total. The fraction of sp³-hybridized carbons (Fsp3) is 0.533. The molecule has 1 fully saturated rings. The number of carbonyl (C=O) groups is 1. The number of ketones is 1. The Morgan fingerprint density at radius 1 is 1.43 bits per heavy atom. The third kappa shape index (κ3) is 4.20. The summed E-state index contributed by atoms with van der Waals surface area (Å²) in [6.07, 6.45) is -2.30. The Labute approximate surface area is 126 Å². The van der Waals surface area contributed by atoms with Crippen molar-refractivity contribution in [3.8, 4) is 0 Å². The van der Waals surface area contributed by atoms with E-state index in [1.54, 1.807) is 0 Å². The Kier molecular flexibility index (Phi) is 4.94. The smallest absolute Gasteiger partial charge is 0.306 e. The largest absolute Gasteiger partial charge is 0.416 e. The van der Waals surface area contributed by atoms with Crippen molar-refractivity contribution in [2.45, 2.75) is 25.4 Å². The lowest BCUT2D eigenvalue weighted by Gasteiger charge is -2.29. The summed E-state index contributed by atoms with van der Waals surface area (Å²) in [5.74, 6) is -0.131. The predicted molar refractivity (Wildman–Crippen MR) is 75.6 cm³/mol. The van der Waals surface area contributed by atoms with Crippen LogP contribution in [-0.2, 0) is 6.18 Å². The summed E-state index contributed by atoms with van der Waals surface area (Å²) in [4.78, 5) is 14.4. The van der Waals surface area contributed by atoms with Gasteiger partial charge in [0, 0.05) is 18.5 Å². The molecule has 1 aromatic rings. The molecule has 6 heteroatoms. The third-order valence-corrected chi connectivity index (χ3v) is 4.12. The van der Waals surface area contributed by atoms with Crippen LogP contribution in [0.3, 0.4) is 0 Å². The Balaban J connectivity index is 2.15. The van der Waals surface area contributed by atoms with E-state index in [1.807, 2.05) is 7.05 Å². The van der Waals surface area contributed by atoms with Gasteiger partial charge in [-0.05, 0) is 50.6 Å². The normalized spacial score (nSPS) is 20.5. The number of halogens is 4. The van der Waals surface area contributed by atoms with Crippen molar-refractivity contribution >= 4 is 17.4 Å². The highest BCUT2D eigenvalue weighted by molar-refractivity contribution is 6.34. The molecule has 116 valence electrons. The van der Waals surface area contributed by atoms with Crippen LogP contribution in [0.25, 0.3) is 0 Å². The first-order valence-corrected chi connectivity index (χ1v) is 7.23. The molecule has 0 amide bonds. The number of carbonyl (C=O) groups excluding carboxylic acids is 1. The Morgan fingerprint density at radius 3 is 2.76 bits per heavy atom. The lowest BCUT2D eigenvalue weighted by Crippen LogP contribution is -2.33. The highest BCUT2D eigenvalue weighted by Gasteiger charge is 2.32. The van der Waals surface area contributed by atoms with Gasteiger partial charge in [-0.3, -0.25) is 4.79 Å².